The lowest BCUT2D eigenvalue weighted by Crippen LogP contribution is -2.32. The van der Waals surface area contributed by atoms with Crippen LogP contribution in [0.5, 0.6) is 0 Å². The number of amides is 1. The number of nitrogens with zero attached hydrogens (tertiary/aromatic N) is 4. The van der Waals surface area contributed by atoms with E-state index in [1.54, 1.807) is 24.3 Å². The molecule has 2 aromatic carbocycles. The highest BCUT2D eigenvalue weighted by Crippen LogP contribution is 2.22. The lowest BCUT2D eigenvalue weighted by Gasteiger charge is -2.05. The van der Waals surface area contributed by atoms with E-state index in [9.17, 15) is 14.9 Å². The topological polar surface area (TPSA) is 101 Å². The molecule has 1 heterocycles. The van der Waals surface area contributed by atoms with Crippen LogP contribution in [0.3, 0.4) is 0 Å². The number of nitro benzene ring substituents is 1. The Kier molecular flexibility index (Phi) is 7.53. The molecule has 0 saturated carbocycles. The Labute approximate surface area is 180 Å². The van der Waals surface area contributed by atoms with Gasteiger partial charge in [0.15, 0.2) is 12.4 Å². The van der Waals surface area contributed by atoms with E-state index in [0.717, 1.165) is 19.4 Å². The van der Waals surface area contributed by atoms with Crippen molar-refractivity contribution in [1.82, 2.24) is 0 Å². The summed E-state index contributed by atoms with van der Waals surface area (Å²) >= 11 is 0. The number of benzene rings is 2. The molecule has 31 heavy (non-hydrogen) atoms. The molecule has 0 aliphatic carbocycles. The molecule has 3 rings (SSSR count). The van der Waals surface area contributed by atoms with Crippen molar-refractivity contribution in [2.24, 2.45) is 10.2 Å². The van der Waals surface area contributed by atoms with E-state index >= 15 is 0 Å². The molecule has 1 aromatic heterocycles. The summed E-state index contributed by atoms with van der Waals surface area (Å²) in [6, 6.07) is 17.0. The minimum absolute atomic E-state index is 0.00736. The molecule has 0 unspecified atom stereocenters. The number of rotatable bonds is 9. The monoisotopic (exact) mass is 418 g/mol. The van der Waals surface area contributed by atoms with Crippen LogP contribution in [0.2, 0.25) is 0 Å². The van der Waals surface area contributed by atoms with Crippen LogP contribution in [0.1, 0.15) is 24.8 Å². The highest BCUT2D eigenvalue weighted by atomic mass is 16.6. The minimum Gasteiger partial charge on any atom is -0.326 e. The number of carbonyl (C=O) groups excluding carboxylic acids is 1. The molecule has 1 amide bonds. The molecule has 0 aliphatic rings. The zero-order valence-electron chi connectivity index (χ0n) is 17.3. The van der Waals surface area contributed by atoms with Crippen molar-refractivity contribution in [3.8, 4) is 0 Å². The standard InChI is InChI=1S/C23H23N5O3/c1-18-13-16-27(17-14-18)15-3-2-4-23(29)24-19-5-7-20(8-6-19)25-26-21-9-11-22(12-10-21)28(30)31/h5-14,16-17H,2-4,15H2,1H3/p+1. The summed E-state index contributed by atoms with van der Waals surface area (Å²) in [6.45, 7) is 2.95. The van der Waals surface area contributed by atoms with Gasteiger partial charge in [0.05, 0.1) is 16.3 Å². The Morgan fingerprint density at radius 2 is 1.52 bits per heavy atom. The number of hydrogen-bond acceptors (Lipinski definition) is 5. The van der Waals surface area contributed by atoms with Gasteiger partial charge in [-0.05, 0) is 55.3 Å². The summed E-state index contributed by atoms with van der Waals surface area (Å²) in [5.41, 5.74) is 3.08. The third kappa shape index (κ3) is 7.11. The first-order valence-electron chi connectivity index (χ1n) is 10.0. The SMILES string of the molecule is Cc1cc[n+](CCCCC(=O)Nc2ccc(N=Nc3ccc([N+](=O)[O-])cc3)cc2)cc1. The molecular formula is C23H24N5O3+. The Hall–Kier alpha value is -3.94. The van der Waals surface area contributed by atoms with Crippen LogP contribution in [0.25, 0.3) is 0 Å². The third-order valence-electron chi connectivity index (χ3n) is 4.62. The molecule has 0 bridgehead atoms. The van der Waals surface area contributed by atoms with Crippen molar-refractivity contribution in [1.29, 1.82) is 0 Å². The van der Waals surface area contributed by atoms with E-state index in [-0.39, 0.29) is 11.6 Å². The highest BCUT2D eigenvalue weighted by Gasteiger charge is 2.05. The highest BCUT2D eigenvalue weighted by molar-refractivity contribution is 5.90. The summed E-state index contributed by atoms with van der Waals surface area (Å²) in [4.78, 5) is 22.3. The predicted molar refractivity (Wildman–Crippen MR) is 118 cm³/mol. The van der Waals surface area contributed by atoms with Gasteiger partial charge in [-0.1, -0.05) is 0 Å². The number of non-ortho nitro benzene ring substituents is 1. The number of hydrogen-bond donors (Lipinski definition) is 1. The second-order valence-electron chi connectivity index (χ2n) is 7.14. The second-order valence-corrected chi connectivity index (χ2v) is 7.14. The lowest BCUT2D eigenvalue weighted by atomic mass is 10.2. The number of nitrogens with one attached hydrogen (secondary N) is 1. The average molecular weight is 418 g/mol. The van der Waals surface area contributed by atoms with Crippen LogP contribution in [-0.2, 0) is 11.3 Å². The first-order valence-corrected chi connectivity index (χ1v) is 10.0. The summed E-state index contributed by atoms with van der Waals surface area (Å²) in [5.74, 6) is -0.0193. The first-order chi connectivity index (χ1) is 15.0. The van der Waals surface area contributed by atoms with E-state index in [4.69, 9.17) is 0 Å². The molecule has 0 radical (unpaired) electrons. The zero-order chi connectivity index (χ0) is 22.1. The number of azo groups is 1. The fourth-order valence-corrected chi connectivity index (χ4v) is 2.85. The molecule has 0 spiro atoms. The maximum Gasteiger partial charge on any atom is 0.269 e. The largest absolute Gasteiger partial charge is 0.326 e. The van der Waals surface area contributed by atoms with Crippen molar-refractivity contribution in [3.05, 3.63) is 88.7 Å². The van der Waals surface area contributed by atoms with Gasteiger partial charge in [-0.3, -0.25) is 14.9 Å². The molecule has 3 aromatic rings. The summed E-state index contributed by atoms with van der Waals surface area (Å²) in [5, 5.41) is 21.7. The Morgan fingerprint density at radius 3 is 2.10 bits per heavy atom. The van der Waals surface area contributed by atoms with E-state index in [1.807, 2.05) is 0 Å². The van der Waals surface area contributed by atoms with E-state index in [1.165, 1.54) is 29.8 Å². The number of aryl methyl sites for hydroxylation is 2. The third-order valence-corrected chi connectivity index (χ3v) is 4.62. The molecule has 0 fully saturated rings. The molecule has 8 heteroatoms. The van der Waals surface area contributed by atoms with E-state index < -0.39 is 4.92 Å². The number of anilines is 1. The van der Waals surface area contributed by atoms with Gasteiger partial charge in [-0.25, -0.2) is 4.57 Å². The fourth-order valence-electron chi connectivity index (χ4n) is 2.85. The molecular weight excluding hydrogens is 394 g/mol. The smallest absolute Gasteiger partial charge is 0.269 e. The summed E-state index contributed by atoms with van der Waals surface area (Å²) < 4.78 is 2.12. The second kappa shape index (κ2) is 10.7. The van der Waals surface area contributed by atoms with Crippen LogP contribution >= 0.6 is 0 Å². The number of unbranched alkanes of at least 4 members (excludes halogenated alkanes) is 1. The van der Waals surface area contributed by atoms with E-state index in [0.29, 0.717) is 23.5 Å². The maximum atomic E-state index is 12.1. The fraction of sp³-hybridized carbons (Fsp3) is 0.217. The molecule has 0 aliphatic heterocycles. The Balaban J connectivity index is 1.42. The maximum absolute atomic E-state index is 12.1. The lowest BCUT2D eigenvalue weighted by molar-refractivity contribution is -0.697. The number of pyridine rings is 1. The molecule has 1 N–H and O–H groups in total. The average Bonchev–Trinajstić information content (AvgIpc) is 2.78. The molecule has 0 atom stereocenters. The summed E-state index contributed by atoms with van der Waals surface area (Å²) in [6.07, 6.45) is 6.32. The van der Waals surface area contributed by atoms with Crippen LogP contribution in [0.4, 0.5) is 22.7 Å². The van der Waals surface area contributed by atoms with Crippen molar-refractivity contribution in [2.75, 3.05) is 5.32 Å². The van der Waals surface area contributed by atoms with Crippen LogP contribution in [0.15, 0.2) is 83.3 Å². The molecule has 8 nitrogen and oxygen atoms in total. The van der Waals surface area contributed by atoms with Gasteiger partial charge in [-0.2, -0.15) is 10.2 Å². The van der Waals surface area contributed by atoms with Crippen LogP contribution < -0.4 is 9.88 Å². The number of aromatic nitrogens is 1. The minimum atomic E-state index is -0.461. The summed E-state index contributed by atoms with van der Waals surface area (Å²) in [7, 11) is 0. The van der Waals surface area contributed by atoms with Crippen molar-refractivity contribution < 1.29 is 14.3 Å². The Bertz CT molecular complexity index is 1050. The van der Waals surface area contributed by atoms with Gasteiger partial charge >= 0.3 is 0 Å². The quantitative estimate of drug-likeness (QED) is 0.165. The van der Waals surface area contributed by atoms with Crippen molar-refractivity contribution >= 4 is 28.7 Å². The predicted octanol–water partition coefficient (Wildman–Crippen LogP) is 5.42. The van der Waals surface area contributed by atoms with Gasteiger partial charge < -0.3 is 5.32 Å². The normalized spacial score (nSPS) is 10.9. The van der Waals surface area contributed by atoms with E-state index in [2.05, 4.69) is 51.6 Å². The first kappa shape index (κ1) is 21.8. The van der Waals surface area contributed by atoms with Gasteiger partial charge in [0.2, 0.25) is 5.91 Å². The Morgan fingerprint density at radius 1 is 0.935 bits per heavy atom. The van der Waals surface area contributed by atoms with Crippen LogP contribution in [-0.4, -0.2) is 10.8 Å². The zero-order valence-corrected chi connectivity index (χ0v) is 17.3. The molecule has 158 valence electrons. The molecule has 0 saturated heterocycles. The van der Waals surface area contributed by atoms with Crippen molar-refractivity contribution in [3.63, 3.8) is 0 Å². The van der Waals surface area contributed by atoms with Crippen molar-refractivity contribution in [2.45, 2.75) is 32.7 Å². The van der Waals surface area contributed by atoms with Gasteiger partial charge in [0.1, 0.15) is 6.54 Å². The van der Waals surface area contributed by atoms with Gasteiger partial charge in [0, 0.05) is 42.8 Å². The van der Waals surface area contributed by atoms with Crippen LogP contribution in [0, 0.1) is 17.0 Å². The number of carbonyl (C=O) groups is 1. The number of nitro groups is 1. The van der Waals surface area contributed by atoms with Gasteiger partial charge in [-0.15, -0.1) is 0 Å². The van der Waals surface area contributed by atoms with Gasteiger partial charge in [0.25, 0.3) is 5.69 Å².